The van der Waals surface area contributed by atoms with E-state index in [0.29, 0.717) is 11.6 Å². The lowest BCUT2D eigenvalue weighted by molar-refractivity contribution is -0.0204. The number of pyridine rings is 2. The van der Waals surface area contributed by atoms with E-state index in [1.165, 1.54) is 12.8 Å². The molecule has 2 saturated carbocycles. The smallest absolute Gasteiger partial charge is 0.255 e. The quantitative estimate of drug-likeness (QED) is 0.517. The van der Waals surface area contributed by atoms with E-state index in [0.717, 1.165) is 64.6 Å². The molecule has 5 heterocycles. The Balaban J connectivity index is 1.30. The van der Waals surface area contributed by atoms with E-state index >= 15 is 0 Å². The Morgan fingerprint density at radius 1 is 1.16 bits per heavy atom. The number of likely N-dealkylation sites (tertiary alicyclic amines) is 1. The van der Waals surface area contributed by atoms with Crippen molar-refractivity contribution in [3.63, 3.8) is 0 Å². The molecule has 4 aromatic rings. The Bertz CT molecular complexity index is 1380. The second-order valence-corrected chi connectivity index (χ2v) is 9.35. The number of amides is 1. The summed E-state index contributed by atoms with van der Waals surface area (Å²) in [4.78, 5) is 29.5. The summed E-state index contributed by atoms with van der Waals surface area (Å²) in [5.41, 5.74) is 4.18. The predicted molar refractivity (Wildman–Crippen MR) is 117 cm³/mol. The third-order valence-electron chi connectivity index (χ3n) is 7.93. The van der Waals surface area contributed by atoms with Crippen molar-refractivity contribution in [2.24, 2.45) is 24.8 Å². The van der Waals surface area contributed by atoms with Crippen molar-refractivity contribution in [3.05, 3.63) is 42.2 Å². The van der Waals surface area contributed by atoms with Gasteiger partial charge in [-0.25, -0.2) is 15.0 Å². The van der Waals surface area contributed by atoms with E-state index < -0.39 is 0 Å². The van der Waals surface area contributed by atoms with Gasteiger partial charge >= 0.3 is 0 Å². The third-order valence-corrected chi connectivity index (χ3v) is 7.93. The van der Waals surface area contributed by atoms with Gasteiger partial charge in [0.1, 0.15) is 11.2 Å². The molecule has 7 heteroatoms. The van der Waals surface area contributed by atoms with Gasteiger partial charge in [-0.2, -0.15) is 0 Å². The summed E-state index contributed by atoms with van der Waals surface area (Å²) in [6, 6.07) is 8.53. The minimum absolute atomic E-state index is 0.117. The maximum absolute atomic E-state index is 13.3. The van der Waals surface area contributed by atoms with Gasteiger partial charge in [0.15, 0.2) is 11.5 Å². The van der Waals surface area contributed by atoms with Gasteiger partial charge in [0.2, 0.25) is 0 Å². The van der Waals surface area contributed by atoms with Gasteiger partial charge in [-0.05, 0) is 61.8 Å². The molecule has 31 heavy (non-hydrogen) atoms. The number of aryl methyl sites for hydroxylation is 2. The van der Waals surface area contributed by atoms with Crippen LogP contribution in [-0.4, -0.2) is 47.5 Å². The molecule has 2 aliphatic carbocycles. The SMILES string of the molecule is CCn1c(-c2nc3cc(C(=O)N4C[C@H]5CC6C[C@@H]4[C@H]65)cnc3n2C)cc2cccnc21. The van der Waals surface area contributed by atoms with Gasteiger partial charge in [0, 0.05) is 44.0 Å². The van der Waals surface area contributed by atoms with Gasteiger partial charge < -0.3 is 14.0 Å². The summed E-state index contributed by atoms with van der Waals surface area (Å²) in [6.45, 7) is 3.83. The molecule has 156 valence electrons. The van der Waals surface area contributed by atoms with Gasteiger partial charge in [-0.15, -0.1) is 0 Å². The van der Waals surface area contributed by atoms with E-state index in [-0.39, 0.29) is 5.91 Å². The van der Waals surface area contributed by atoms with Crippen molar-refractivity contribution in [2.75, 3.05) is 6.54 Å². The molecule has 7 nitrogen and oxygen atoms in total. The fraction of sp³-hybridized carbons (Fsp3) is 0.417. The van der Waals surface area contributed by atoms with E-state index in [9.17, 15) is 4.79 Å². The van der Waals surface area contributed by atoms with Crippen LogP contribution in [0.3, 0.4) is 0 Å². The monoisotopic (exact) mass is 412 g/mol. The molecule has 1 unspecified atom stereocenters. The van der Waals surface area contributed by atoms with Gasteiger partial charge in [-0.3, -0.25) is 4.79 Å². The molecule has 4 aromatic heterocycles. The number of hydrogen-bond donors (Lipinski definition) is 0. The highest BCUT2D eigenvalue weighted by Crippen LogP contribution is 2.60. The number of rotatable bonds is 3. The van der Waals surface area contributed by atoms with Crippen LogP contribution < -0.4 is 0 Å². The van der Waals surface area contributed by atoms with Crippen LogP contribution in [0.15, 0.2) is 36.7 Å². The molecule has 3 fully saturated rings. The summed E-state index contributed by atoms with van der Waals surface area (Å²) < 4.78 is 4.19. The standard InChI is InChI=1S/C24H24N6O/c1-3-29-19(9-13-5-4-6-25-21(13)29)23-27-17-8-15(11-26-22(17)28(23)2)24(31)30-12-16-7-14-10-18(30)20(14)16/h4-6,8-9,11,14,16,18,20H,3,7,10,12H2,1-2H3/t14?,16-,18-,20-/m1/s1. The molecule has 0 bridgehead atoms. The van der Waals surface area contributed by atoms with Crippen molar-refractivity contribution >= 4 is 28.1 Å². The summed E-state index contributed by atoms with van der Waals surface area (Å²) in [7, 11) is 1.98. The summed E-state index contributed by atoms with van der Waals surface area (Å²) in [6.07, 6.45) is 6.04. The van der Waals surface area contributed by atoms with Crippen LogP contribution in [0.5, 0.6) is 0 Å². The number of carbonyl (C=O) groups is 1. The lowest BCUT2D eigenvalue weighted by Gasteiger charge is -2.52. The van der Waals surface area contributed by atoms with E-state index in [1.54, 1.807) is 6.20 Å². The van der Waals surface area contributed by atoms with Crippen LogP contribution >= 0.6 is 0 Å². The topological polar surface area (TPSA) is 68.8 Å². The molecule has 0 N–H and O–H groups in total. The number of carbonyl (C=O) groups excluding carboxylic acids is 1. The number of fused-ring (bicyclic) bond motifs is 2. The minimum atomic E-state index is 0.117. The highest BCUT2D eigenvalue weighted by Gasteiger charge is 2.61. The molecular weight excluding hydrogens is 388 g/mol. The molecule has 1 aliphatic heterocycles. The normalized spacial score (nSPS) is 26.2. The number of aromatic nitrogens is 5. The number of hydrogen-bond acceptors (Lipinski definition) is 4. The first-order chi connectivity index (χ1) is 15.1. The molecule has 1 amide bonds. The van der Waals surface area contributed by atoms with Crippen molar-refractivity contribution in [2.45, 2.75) is 32.4 Å². The first-order valence-corrected chi connectivity index (χ1v) is 11.2. The Hall–Kier alpha value is -3.22. The number of nitrogens with zero attached hydrogens (tertiary/aromatic N) is 6. The summed E-state index contributed by atoms with van der Waals surface area (Å²) >= 11 is 0. The maximum Gasteiger partial charge on any atom is 0.255 e. The lowest BCUT2D eigenvalue weighted by Crippen LogP contribution is -2.53. The van der Waals surface area contributed by atoms with E-state index in [4.69, 9.17) is 4.98 Å². The second-order valence-electron chi connectivity index (χ2n) is 9.35. The number of imidazole rings is 1. The highest BCUT2D eigenvalue weighted by atomic mass is 16.2. The first-order valence-electron chi connectivity index (χ1n) is 11.2. The Morgan fingerprint density at radius 3 is 2.87 bits per heavy atom. The van der Waals surface area contributed by atoms with Crippen molar-refractivity contribution in [3.8, 4) is 11.5 Å². The molecule has 7 rings (SSSR count). The van der Waals surface area contributed by atoms with Crippen LogP contribution in [0.1, 0.15) is 30.1 Å². The van der Waals surface area contributed by atoms with Crippen LogP contribution in [0.4, 0.5) is 0 Å². The zero-order chi connectivity index (χ0) is 20.9. The largest absolute Gasteiger partial charge is 0.335 e. The van der Waals surface area contributed by atoms with Gasteiger partial charge in [0.25, 0.3) is 5.91 Å². The van der Waals surface area contributed by atoms with Crippen LogP contribution in [-0.2, 0) is 13.6 Å². The van der Waals surface area contributed by atoms with Gasteiger partial charge in [0.05, 0.1) is 11.3 Å². The molecule has 1 saturated heterocycles. The molecule has 0 spiro atoms. The lowest BCUT2D eigenvalue weighted by atomic mass is 9.53. The third kappa shape index (κ3) is 2.18. The Labute approximate surface area is 179 Å². The molecule has 0 aromatic carbocycles. The van der Waals surface area contributed by atoms with Gasteiger partial charge in [-0.1, -0.05) is 0 Å². The highest BCUT2D eigenvalue weighted by molar-refractivity contribution is 5.97. The summed E-state index contributed by atoms with van der Waals surface area (Å²) in [5, 5.41) is 1.10. The fourth-order valence-corrected chi connectivity index (χ4v) is 6.38. The second kappa shape index (κ2) is 5.93. The van der Waals surface area contributed by atoms with E-state index in [1.807, 2.05) is 29.9 Å². The Morgan fingerprint density at radius 2 is 2.06 bits per heavy atom. The maximum atomic E-state index is 13.3. The molecular formula is C24H24N6O. The zero-order valence-corrected chi connectivity index (χ0v) is 17.7. The average molecular weight is 412 g/mol. The minimum Gasteiger partial charge on any atom is -0.335 e. The van der Waals surface area contributed by atoms with Crippen molar-refractivity contribution in [1.82, 2.24) is 29.0 Å². The first kappa shape index (κ1) is 17.5. The van der Waals surface area contributed by atoms with Crippen molar-refractivity contribution in [1.29, 1.82) is 0 Å². The summed E-state index contributed by atoms with van der Waals surface area (Å²) in [5.74, 6) is 3.34. The van der Waals surface area contributed by atoms with Crippen LogP contribution in [0.2, 0.25) is 0 Å². The average Bonchev–Trinajstić information content (AvgIpc) is 3.30. The van der Waals surface area contributed by atoms with Crippen molar-refractivity contribution < 1.29 is 4.79 Å². The van der Waals surface area contributed by atoms with Crippen LogP contribution in [0.25, 0.3) is 33.7 Å². The fourth-order valence-electron chi connectivity index (χ4n) is 6.38. The van der Waals surface area contributed by atoms with Crippen LogP contribution in [0, 0.1) is 17.8 Å². The molecule has 0 radical (unpaired) electrons. The van der Waals surface area contributed by atoms with E-state index in [2.05, 4.69) is 38.5 Å². The zero-order valence-electron chi connectivity index (χ0n) is 17.7. The molecule has 3 aliphatic rings. The predicted octanol–water partition coefficient (Wildman–Crippen LogP) is 3.49. The molecule has 4 atom stereocenters. The Kier molecular flexibility index (Phi) is 3.34.